The van der Waals surface area contributed by atoms with Crippen LogP contribution in [0.4, 0.5) is 0 Å². The summed E-state index contributed by atoms with van der Waals surface area (Å²) in [7, 11) is -2.41. The highest BCUT2D eigenvalue weighted by atomic mass is 32.2. The van der Waals surface area contributed by atoms with Crippen molar-refractivity contribution < 1.29 is 17.9 Å². The van der Waals surface area contributed by atoms with E-state index in [1.807, 2.05) is 6.92 Å². The van der Waals surface area contributed by atoms with Crippen LogP contribution < -0.4 is 0 Å². The molecule has 0 saturated carbocycles. The third kappa shape index (κ3) is 3.14. The zero-order valence-corrected chi connectivity index (χ0v) is 15.5. The second-order valence-electron chi connectivity index (χ2n) is 5.71. The van der Waals surface area contributed by atoms with E-state index in [0.717, 1.165) is 17.1 Å². The molecule has 0 aliphatic carbocycles. The molecular weight excluding hydrogens is 354 g/mol. The number of esters is 1. The Labute approximate surface area is 145 Å². The molecule has 3 rings (SSSR count). The van der Waals surface area contributed by atoms with Crippen LogP contribution in [0.3, 0.4) is 0 Å². The minimum Gasteiger partial charge on any atom is -0.468 e. The van der Waals surface area contributed by atoms with E-state index >= 15 is 0 Å². The highest BCUT2D eigenvalue weighted by Crippen LogP contribution is 2.52. The van der Waals surface area contributed by atoms with Gasteiger partial charge >= 0.3 is 5.97 Å². The third-order valence-corrected chi connectivity index (χ3v) is 9.46. The average Bonchev–Trinajstić information content (AvgIpc) is 3.15. The molecule has 5 nitrogen and oxygen atoms in total. The molecule has 2 saturated heterocycles. The van der Waals surface area contributed by atoms with Crippen LogP contribution in [0.2, 0.25) is 0 Å². The number of benzene rings is 1. The van der Waals surface area contributed by atoms with Gasteiger partial charge in [0.2, 0.25) is 10.0 Å². The van der Waals surface area contributed by atoms with Crippen molar-refractivity contribution in [1.29, 1.82) is 0 Å². The fourth-order valence-corrected chi connectivity index (χ4v) is 8.01. The molecule has 8 heteroatoms. The maximum atomic E-state index is 13.0. The van der Waals surface area contributed by atoms with Crippen molar-refractivity contribution in [2.75, 3.05) is 25.2 Å². The van der Waals surface area contributed by atoms with Crippen LogP contribution in [0, 0.1) is 6.92 Å². The topological polar surface area (TPSA) is 63.7 Å². The Kier molecular flexibility index (Phi) is 4.70. The molecule has 2 heterocycles. The van der Waals surface area contributed by atoms with Gasteiger partial charge in [-0.2, -0.15) is 4.31 Å². The van der Waals surface area contributed by atoms with Gasteiger partial charge in [0.15, 0.2) is 0 Å². The first kappa shape index (κ1) is 17.1. The quantitative estimate of drug-likeness (QED) is 0.756. The highest BCUT2D eigenvalue weighted by molar-refractivity contribution is 8.21. The molecule has 1 spiro atoms. The molecule has 1 aromatic rings. The molecule has 23 heavy (non-hydrogen) atoms. The Bertz CT molecular complexity index is 696. The van der Waals surface area contributed by atoms with Gasteiger partial charge in [-0.25, -0.2) is 8.42 Å². The van der Waals surface area contributed by atoms with Gasteiger partial charge in [-0.15, -0.1) is 23.5 Å². The number of thioether (sulfide) groups is 2. The number of aryl methyl sites for hydroxylation is 1. The number of sulfonamides is 1. The number of nitrogens with zero attached hydrogens (tertiary/aromatic N) is 1. The number of carbonyl (C=O) groups is 1. The van der Waals surface area contributed by atoms with Gasteiger partial charge in [0, 0.05) is 18.1 Å². The molecule has 2 aliphatic heterocycles. The molecule has 2 fully saturated rings. The summed E-state index contributed by atoms with van der Waals surface area (Å²) < 4.78 is 32.0. The number of carbonyl (C=O) groups excluding carboxylic acids is 1. The smallest absolute Gasteiger partial charge is 0.324 e. The van der Waals surface area contributed by atoms with Gasteiger partial charge in [0.05, 0.1) is 16.1 Å². The zero-order valence-electron chi connectivity index (χ0n) is 13.0. The van der Waals surface area contributed by atoms with Crippen molar-refractivity contribution in [1.82, 2.24) is 4.31 Å². The van der Waals surface area contributed by atoms with E-state index in [1.165, 1.54) is 11.4 Å². The molecule has 1 aromatic carbocycles. The summed E-state index contributed by atoms with van der Waals surface area (Å²) in [6.07, 6.45) is 0.500. The van der Waals surface area contributed by atoms with E-state index < -0.39 is 22.0 Å². The van der Waals surface area contributed by atoms with Crippen LogP contribution in [0.5, 0.6) is 0 Å². The maximum absolute atomic E-state index is 13.0. The van der Waals surface area contributed by atoms with Crippen molar-refractivity contribution in [2.24, 2.45) is 0 Å². The van der Waals surface area contributed by atoms with Crippen molar-refractivity contribution >= 4 is 39.5 Å². The number of rotatable bonds is 3. The minimum atomic E-state index is -3.72. The molecule has 0 aromatic heterocycles. The number of hydrogen-bond acceptors (Lipinski definition) is 6. The molecule has 0 unspecified atom stereocenters. The van der Waals surface area contributed by atoms with Crippen molar-refractivity contribution in [3.63, 3.8) is 0 Å². The lowest BCUT2D eigenvalue weighted by atomic mass is 10.2. The Morgan fingerprint density at radius 3 is 2.43 bits per heavy atom. The predicted molar refractivity (Wildman–Crippen MR) is 93.1 cm³/mol. The van der Waals surface area contributed by atoms with Crippen LogP contribution in [-0.2, 0) is 19.6 Å². The minimum absolute atomic E-state index is 0.224. The lowest BCUT2D eigenvalue weighted by Crippen LogP contribution is -2.41. The van der Waals surface area contributed by atoms with Crippen molar-refractivity contribution in [2.45, 2.75) is 28.4 Å². The van der Waals surface area contributed by atoms with Gasteiger partial charge in [-0.3, -0.25) is 4.79 Å². The molecule has 0 N–H and O–H groups in total. The van der Waals surface area contributed by atoms with E-state index in [9.17, 15) is 13.2 Å². The number of methoxy groups -OCH3 is 1. The summed E-state index contributed by atoms with van der Waals surface area (Å²) in [5.74, 6) is 1.49. The van der Waals surface area contributed by atoms with Crippen LogP contribution >= 0.6 is 23.5 Å². The van der Waals surface area contributed by atoms with E-state index in [0.29, 0.717) is 13.0 Å². The molecule has 0 bridgehead atoms. The predicted octanol–water partition coefficient (Wildman–Crippen LogP) is 2.11. The molecule has 2 aliphatic rings. The summed E-state index contributed by atoms with van der Waals surface area (Å²) in [5, 5.41) is 0. The zero-order chi connectivity index (χ0) is 16.7. The Balaban J connectivity index is 1.97. The fourth-order valence-electron chi connectivity index (χ4n) is 2.95. The van der Waals surface area contributed by atoms with Crippen molar-refractivity contribution in [3.05, 3.63) is 29.8 Å². The van der Waals surface area contributed by atoms with Gasteiger partial charge in [-0.1, -0.05) is 17.7 Å². The molecule has 0 radical (unpaired) electrons. The summed E-state index contributed by atoms with van der Waals surface area (Å²) >= 11 is 3.50. The van der Waals surface area contributed by atoms with Crippen LogP contribution in [-0.4, -0.2) is 54.0 Å². The third-order valence-electron chi connectivity index (χ3n) is 4.16. The molecule has 1 atom stereocenters. The van der Waals surface area contributed by atoms with Crippen LogP contribution in [0.25, 0.3) is 0 Å². The summed E-state index contributed by atoms with van der Waals surface area (Å²) in [4.78, 5) is 12.4. The molecule has 0 amide bonds. The first-order valence-electron chi connectivity index (χ1n) is 7.32. The molecular formula is C15H19NO4S3. The fraction of sp³-hybridized carbons (Fsp3) is 0.533. The van der Waals surface area contributed by atoms with Crippen LogP contribution in [0.1, 0.15) is 12.0 Å². The van der Waals surface area contributed by atoms with Gasteiger partial charge in [-0.05, 0) is 25.5 Å². The lowest BCUT2D eigenvalue weighted by Gasteiger charge is -2.23. The van der Waals surface area contributed by atoms with Gasteiger partial charge in [0.1, 0.15) is 6.04 Å². The Morgan fingerprint density at radius 1 is 1.26 bits per heavy atom. The van der Waals surface area contributed by atoms with E-state index in [4.69, 9.17) is 4.74 Å². The second-order valence-corrected chi connectivity index (χ2v) is 10.8. The Hall–Kier alpha value is -0.700. The second kappa shape index (κ2) is 6.31. The summed E-state index contributed by atoms with van der Waals surface area (Å²) in [6, 6.07) is 5.98. The molecule has 126 valence electrons. The van der Waals surface area contributed by atoms with Gasteiger partial charge in [0.25, 0.3) is 0 Å². The van der Waals surface area contributed by atoms with E-state index in [1.54, 1.807) is 47.8 Å². The maximum Gasteiger partial charge on any atom is 0.324 e. The largest absolute Gasteiger partial charge is 0.468 e. The standard InChI is InChI=1S/C15H19NO4S3/c1-11-3-5-12(6-4-11)23(18,19)16-10-15(21-7-8-22-15)9-13(16)14(17)20-2/h3-6,13H,7-10H2,1-2H3/t13-/m0/s1. The monoisotopic (exact) mass is 373 g/mol. The van der Waals surface area contributed by atoms with Crippen molar-refractivity contribution in [3.8, 4) is 0 Å². The number of ether oxygens (including phenoxy) is 1. The SMILES string of the molecule is COC(=O)[C@@H]1CC2(CN1S(=O)(=O)c1ccc(C)cc1)SCCS2. The lowest BCUT2D eigenvalue weighted by molar-refractivity contribution is -0.144. The first-order chi connectivity index (χ1) is 10.9. The average molecular weight is 374 g/mol. The summed E-state index contributed by atoms with van der Waals surface area (Å²) in [5.41, 5.74) is 0.994. The highest BCUT2D eigenvalue weighted by Gasteiger charge is 2.54. The first-order valence-corrected chi connectivity index (χ1v) is 10.7. The van der Waals surface area contributed by atoms with Crippen LogP contribution in [0.15, 0.2) is 29.2 Å². The summed E-state index contributed by atoms with van der Waals surface area (Å²) in [6.45, 7) is 2.25. The van der Waals surface area contributed by atoms with Gasteiger partial charge < -0.3 is 4.74 Å². The van der Waals surface area contributed by atoms with E-state index in [-0.39, 0.29) is 8.97 Å². The normalized spacial score (nSPS) is 24.2. The number of hydrogen-bond donors (Lipinski definition) is 0. The van der Waals surface area contributed by atoms with E-state index in [2.05, 4.69) is 0 Å². The Morgan fingerprint density at radius 2 is 1.87 bits per heavy atom.